The van der Waals surface area contributed by atoms with Crippen molar-refractivity contribution in [2.24, 2.45) is 11.8 Å². The van der Waals surface area contributed by atoms with E-state index in [1.807, 2.05) is 13.8 Å². The second-order valence-electron chi connectivity index (χ2n) is 8.83. The van der Waals surface area contributed by atoms with Crippen LogP contribution >= 0.6 is 0 Å². The minimum atomic E-state index is -3.87. The minimum Gasteiger partial charge on any atom is -0.379 e. The van der Waals surface area contributed by atoms with Gasteiger partial charge < -0.3 is 15.0 Å². The molecule has 1 atom stereocenters. The van der Waals surface area contributed by atoms with Crippen molar-refractivity contribution in [3.63, 3.8) is 0 Å². The summed E-state index contributed by atoms with van der Waals surface area (Å²) in [6.07, 6.45) is 1.87. The van der Waals surface area contributed by atoms with E-state index in [4.69, 9.17) is 4.74 Å². The van der Waals surface area contributed by atoms with Crippen LogP contribution in [0.15, 0.2) is 23.1 Å². The number of carbonyl (C=O) groups excluding carboxylic acids is 1. The third-order valence-electron chi connectivity index (χ3n) is 6.11. The van der Waals surface area contributed by atoms with Gasteiger partial charge in [0.1, 0.15) is 11.7 Å². The Bertz CT molecular complexity index is 938. The van der Waals surface area contributed by atoms with Crippen LogP contribution in [-0.2, 0) is 19.6 Å². The number of sulfonamides is 1. The minimum absolute atomic E-state index is 0.0915. The first-order valence-corrected chi connectivity index (χ1v) is 12.5. The van der Waals surface area contributed by atoms with Crippen LogP contribution < -0.4 is 5.32 Å². The second-order valence-corrected chi connectivity index (χ2v) is 10.8. The highest BCUT2D eigenvalue weighted by Crippen LogP contribution is 2.31. The van der Waals surface area contributed by atoms with Gasteiger partial charge in [0, 0.05) is 32.2 Å². The molecule has 2 aliphatic rings. The number of anilines is 1. The highest BCUT2D eigenvalue weighted by molar-refractivity contribution is 7.89. The predicted octanol–water partition coefficient (Wildman–Crippen LogP) is 2.31. The molecular formula is C21H32N4O6S. The highest BCUT2D eigenvalue weighted by Gasteiger charge is 2.33. The van der Waals surface area contributed by atoms with Gasteiger partial charge in [-0.25, -0.2) is 8.42 Å². The Hall–Kier alpha value is -2.24. The van der Waals surface area contributed by atoms with E-state index >= 15 is 0 Å². The SMILES string of the molecule is CC1CCN(C(=O)[C@@H](Nc2ccc(S(=O)(=O)N3CCOCC3)cc2[N+](=O)[O-])C(C)C)CC1. The van der Waals surface area contributed by atoms with Gasteiger partial charge in [0.05, 0.1) is 23.0 Å². The number of morpholine rings is 1. The zero-order valence-corrected chi connectivity index (χ0v) is 19.6. The lowest BCUT2D eigenvalue weighted by molar-refractivity contribution is -0.384. The van der Waals surface area contributed by atoms with Crippen molar-refractivity contribution < 1.29 is 22.9 Å². The predicted molar refractivity (Wildman–Crippen MR) is 120 cm³/mol. The number of hydrogen-bond acceptors (Lipinski definition) is 7. The summed E-state index contributed by atoms with van der Waals surface area (Å²) in [7, 11) is -3.87. The summed E-state index contributed by atoms with van der Waals surface area (Å²) in [6, 6.07) is 3.15. The average molecular weight is 469 g/mol. The molecule has 2 aliphatic heterocycles. The molecule has 1 N–H and O–H groups in total. The molecule has 0 bridgehead atoms. The molecule has 10 nitrogen and oxygen atoms in total. The molecular weight excluding hydrogens is 436 g/mol. The van der Waals surface area contributed by atoms with Crippen LogP contribution in [0.25, 0.3) is 0 Å². The van der Waals surface area contributed by atoms with Crippen LogP contribution in [0.4, 0.5) is 11.4 Å². The number of rotatable bonds is 7. The van der Waals surface area contributed by atoms with Crippen LogP contribution in [0.2, 0.25) is 0 Å². The van der Waals surface area contributed by atoms with Crippen LogP contribution in [0, 0.1) is 22.0 Å². The number of carbonyl (C=O) groups is 1. The standard InChI is InChI=1S/C21H32N4O6S/c1-15(2)20(21(26)23-8-6-16(3)7-9-23)22-18-5-4-17(14-19(18)25(27)28)32(29,30)24-10-12-31-13-11-24/h4-5,14-16,20,22H,6-13H2,1-3H3/t20-/m0/s1. The Kier molecular flexibility index (Phi) is 7.73. The lowest BCUT2D eigenvalue weighted by Crippen LogP contribution is -2.48. The van der Waals surface area contributed by atoms with Crippen LogP contribution in [0.5, 0.6) is 0 Å². The molecule has 2 heterocycles. The number of nitro groups is 1. The quantitative estimate of drug-likeness (QED) is 0.481. The van der Waals surface area contributed by atoms with Crippen LogP contribution in [0.1, 0.15) is 33.6 Å². The molecule has 1 aromatic carbocycles. The van der Waals surface area contributed by atoms with Crippen molar-refractivity contribution in [2.75, 3.05) is 44.7 Å². The summed E-state index contributed by atoms with van der Waals surface area (Å²) in [6.45, 7) is 8.24. The van der Waals surface area contributed by atoms with Gasteiger partial charge in [-0.2, -0.15) is 4.31 Å². The number of benzene rings is 1. The maximum atomic E-state index is 13.1. The largest absolute Gasteiger partial charge is 0.379 e. The third kappa shape index (κ3) is 5.38. The van der Waals surface area contributed by atoms with Gasteiger partial charge in [0.2, 0.25) is 15.9 Å². The van der Waals surface area contributed by atoms with Crippen molar-refractivity contribution in [1.82, 2.24) is 9.21 Å². The Morgan fingerprint density at radius 3 is 2.38 bits per heavy atom. The molecule has 1 aromatic rings. The molecule has 3 rings (SSSR count). The summed E-state index contributed by atoms with van der Waals surface area (Å²) in [4.78, 5) is 26.0. The summed E-state index contributed by atoms with van der Waals surface area (Å²) in [5, 5.41) is 14.8. The summed E-state index contributed by atoms with van der Waals surface area (Å²) in [5.74, 6) is 0.371. The van der Waals surface area contributed by atoms with Crippen molar-refractivity contribution in [2.45, 2.75) is 44.6 Å². The number of ether oxygens (including phenoxy) is 1. The van der Waals surface area contributed by atoms with Gasteiger partial charge in [-0.3, -0.25) is 14.9 Å². The number of likely N-dealkylation sites (tertiary alicyclic amines) is 1. The van der Waals surface area contributed by atoms with E-state index in [0.29, 0.717) is 19.0 Å². The average Bonchev–Trinajstić information content (AvgIpc) is 2.77. The molecule has 0 aliphatic carbocycles. The fourth-order valence-electron chi connectivity index (χ4n) is 3.99. The molecule has 0 radical (unpaired) electrons. The lowest BCUT2D eigenvalue weighted by atomic mass is 9.96. The van der Waals surface area contributed by atoms with Gasteiger partial charge in [0.25, 0.3) is 5.69 Å². The zero-order chi connectivity index (χ0) is 23.5. The summed E-state index contributed by atoms with van der Waals surface area (Å²) >= 11 is 0. The van der Waals surface area contributed by atoms with Gasteiger partial charge >= 0.3 is 0 Å². The summed E-state index contributed by atoms with van der Waals surface area (Å²) < 4.78 is 32.3. The van der Waals surface area contributed by atoms with Crippen LogP contribution in [0.3, 0.4) is 0 Å². The first-order valence-electron chi connectivity index (χ1n) is 11.0. The Morgan fingerprint density at radius 1 is 1.19 bits per heavy atom. The number of nitro benzene ring substituents is 1. The molecule has 0 unspecified atom stereocenters. The van der Waals surface area contributed by atoms with E-state index in [2.05, 4.69) is 12.2 Å². The molecule has 178 valence electrons. The molecule has 0 saturated carbocycles. The lowest BCUT2D eigenvalue weighted by Gasteiger charge is -2.34. The molecule has 1 amide bonds. The molecule has 32 heavy (non-hydrogen) atoms. The number of piperidine rings is 1. The van der Waals surface area contributed by atoms with E-state index < -0.39 is 21.0 Å². The fraction of sp³-hybridized carbons (Fsp3) is 0.667. The second kappa shape index (κ2) is 10.1. The van der Waals surface area contributed by atoms with Crippen LogP contribution in [-0.4, -0.2) is 73.9 Å². The number of nitrogens with zero attached hydrogens (tertiary/aromatic N) is 3. The maximum absolute atomic E-state index is 13.1. The molecule has 0 spiro atoms. The number of hydrogen-bond donors (Lipinski definition) is 1. The van der Waals surface area contributed by atoms with Gasteiger partial charge in [-0.05, 0) is 36.8 Å². The molecule has 2 fully saturated rings. The molecule has 0 aromatic heterocycles. The van der Waals surface area contributed by atoms with Crippen molar-refractivity contribution in [3.8, 4) is 0 Å². The van der Waals surface area contributed by atoms with Gasteiger partial charge in [-0.15, -0.1) is 0 Å². The first-order chi connectivity index (χ1) is 15.1. The Labute approximate surface area is 189 Å². The van der Waals surface area contributed by atoms with E-state index in [1.54, 1.807) is 4.90 Å². The van der Waals surface area contributed by atoms with Gasteiger partial charge in [-0.1, -0.05) is 20.8 Å². The normalized spacial score (nSPS) is 19.7. The number of amides is 1. The monoisotopic (exact) mass is 468 g/mol. The molecule has 11 heteroatoms. The van der Waals surface area contributed by atoms with Crippen molar-refractivity contribution >= 4 is 27.3 Å². The number of nitrogens with one attached hydrogen (secondary N) is 1. The maximum Gasteiger partial charge on any atom is 0.293 e. The smallest absolute Gasteiger partial charge is 0.293 e. The first kappa shape index (κ1) is 24.4. The topological polar surface area (TPSA) is 122 Å². The van der Waals surface area contributed by atoms with Gasteiger partial charge in [0.15, 0.2) is 0 Å². The molecule has 2 saturated heterocycles. The summed E-state index contributed by atoms with van der Waals surface area (Å²) in [5.41, 5.74) is -0.238. The Balaban J connectivity index is 1.86. The Morgan fingerprint density at radius 2 is 1.81 bits per heavy atom. The zero-order valence-electron chi connectivity index (χ0n) is 18.8. The third-order valence-corrected chi connectivity index (χ3v) is 8.01. The highest BCUT2D eigenvalue weighted by atomic mass is 32.2. The van der Waals surface area contributed by atoms with E-state index in [-0.39, 0.29) is 54.4 Å². The fourth-order valence-corrected chi connectivity index (χ4v) is 5.42. The van der Waals surface area contributed by atoms with Crippen molar-refractivity contribution in [3.05, 3.63) is 28.3 Å². The van der Waals surface area contributed by atoms with E-state index in [1.165, 1.54) is 16.4 Å². The van der Waals surface area contributed by atoms with Crippen molar-refractivity contribution in [1.29, 1.82) is 0 Å². The van der Waals surface area contributed by atoms with E-state index in [9.17, 15) is 23.3 Å². The van der Waals surface area contributed by atoms with E-state index in [0.717, 1.165) is 18.9 Å².